The quantitative estimate of drug-likeness (QED) is 0.629. The van der Waals surface area contributed by atoms with Gasteiger partial charge in [-0.05, 0) is 34.1 Å². The van der Waals surface area contributed by atoms with Crippen molar-refractivity contribution in [1.29, 1.82) is 0 Å². The lowest BCUT2D eigenvalue weighted by molar-refractivity contribution is 0.112. The molecule has 0 bridgehead atoms. The van der Waals surface area contributed by atoms with Crippen molar-refractivity contribution >= 4 is 61.3 Å². The third-order valence-corrected chi connectivity index (χ3v) is 3.62. The first-order valence-corrected chi connectivity index (χ1v) is 6.76. The summed E-state index contributed by atoms with van der Waals surface area (Å²) in [5.41, 5.74) is 0.994. The third kappa shape index (κ3) is 2.88. The Morgan fingerprint density at radius 1 is 1.28 bits per heavy atom. The van der Waals surface area contributed by atoms with Crippen LogP contribution in [-0.2, 0) is 0 Å². The summed E-state index contributed by atoms with van der Waals surface area (Å²) in [6, 6.07) is 5.62. The summed E-state index contributed by atoms with van der Waals surface area (Å²) in [4.78, 5) is 18.7. The van der Waals surface area contributed by atoms with E-state index in [1.807, 2.05) is 18.2 Å². The summed E-state index contributed by atoms with van der Waals surface area (Å²) in [5, 5.41) is 3.15. The van der Waals surface area contributed by atoms with Crippen molar-refractivity contribution in [1.82, 2.24) is 9.97 Å². The van der Waals surface area contributed by atoms with Crippen molar-refractivity contribution in [2.24, 2.45) is 0 Å². The molecule has 1 aromatic carbocycles. The molecule has 0 radical (unpaired) electrons. The number of nitrogens with zero attached hydrogens (tertiary/aromatic N) is 2. The number of aldehydes is 1. The highest BCUT2D eigenvalue weighted by atomic mass is 79.9. The number of anilines is 2. The molecule has 18 heavy (non-hydrogen) atoms. The van der Waals surface area contributed by atoms with Gasteiger partial charge >= 0.3 is 0 Å². The zero-order chi connectivity index (χ0) is 13.1. The Balaban J connectivity index is 2.43. The smallest absolute Gasteiger partial charge is 0.156 e. The fourth-order valence-corrected chi connectivity index (χ4v) is 2.18. The van der Waals surface area contributed by atoms with Gasteiger partial charge in [-0.2, -0.15) is 0 Å². The van der Waals surface area contributed by atoms with Crippen LogP contribution in [0.25, 0.3) is 0 Å². The molecule has 1 N–H and O–H groups in total. The van der Waals surface area contributed by atoms with E-state index in [4.69, 9.17) is 11.6 Å². The Morgan fingerprint density at radius 2 is 2.06 bits per heavy atom. The number of carbonyl (C=O) groups is 1. The summed E-state index contributed by atoms with van der Waals surface area (Å²) in [6.07, 6.45) is 1.92. The molecule has 4 nitrogen and oxygen atoms in total. The van der Waals surface area contributed by atoms with E-state index in [-0.39, 0.29) is 10.7 Å². The van der Waals surface area contributed by atoms with Gasteiger partial charge in [0.05, 0.1) is 11.3 Å². The number of nitrogens with one attached hydrogen (secondary N) is 1. The molecule has 0 fully saturated rings. The van der Waals surface area contributed by atoms with Crippen LogP contribution in [0.2, 0.25) is 5.15 Å². The van der Waals surface area contributed by atoms with Crippen LogP contribution in [0.3, 0.4) is 0 Å². The Morgan fingerprint density at radius 3 is 2.78 bits per heavy atom. The van der Waals surface area contributed by atoms with Gasteiger partial charge in [-0.3, -0.25) is 4.79 Å². The number of carbonyl (C=O) groups excluding carboxylic acids is 1. The lowest BCUT2D eigenvalue weighted by atomic mass is 10.3. The Labute approximate surface area is 125 Å². The molecule has 2 rings (SSSR count). The normalized spacial score (nSPS) is 10.2. The summed E-state index contributed by atoms with van der Waals surface area (Å²) in [6.45, 7) is 0. The zero-order valence-electron chi connectivity index (χ0n) is 8.82. The lowest BCUT2D eigenvalue weighted by Crippen LogP contribution is -2.01. The van der Waals surface area contributed by atoms with E-state index in [2.05, 4.69) is 47.1 Å². The standard InChI is InChI=1S/C11H6Br2ClN3O/c12-6-1-2-8(13)9(3-6)17-11-7(4-18)10(14)15-5-16-11/h1-5H,(H,15,16,17). The highest BCUT2D eigenvalue weighted by Crippen LogP contribution is 2.30. The van der Waals surface area contributed by atoms with Crippen molar-refractivity contribution in [3.63, 3.8) is 0 Å². The lowest BCUT2D eigenvalue weighted by Gasteiger charge is -2.10. The van der Waals surface area contributed by atoms with E-state index in [0.29, 0.717) is 12.1 Å². The second-order valence-electron chi connectivity index (χ2n) is 3.29. The van der Waals surface area contributed by atoms with Crippen molar-refractivity contribution in [2.45, 2.75) is 0 Å². The molecular weight excluding hydrogens is 385 g/mol. The van der Waals surface area contributed by atoms with E-state index in [1.165, 1.54) is 6.33 Å². The molecule has 0 spiro atoms. The number of halogens is 3. The third-order valence-electron chi connectivity index (χ3n) is 2.13. The van der Waals surface area contributed by atoms with Crippen LogP contribution in [0.5, 0.6) is 0 Å². The highest BCUT2D eigenvalue weighted by Gasteiger charge is 2.10. The first-order valence-electron chi connectivity index (χ1n) is 4.79. The van der Waals surface area contributed by atoms with Gasteiger partial charge in [0.2, 0.25) is 0 Å². The van der Waals surface area contributed by atoms with Crippen LogP contribution < -0.4 is 5.32 Å². The summed E-state index contributed by atoms with van der Waals surface area (Å²) < 4.78 is 1.75. The topological polar surface area (TPSA) is 54.9 Å². The SMILES string of the molecule is O=Cc1c(Cl)ncnc1Nc1cc(Br)ccc1Br. The van der Waals surface area contributed by atoms with E-state index >= 15 is 0 Å². The van der Waals surface area contributed by atoms with Gasteiger partial charge in [-0.15, -0.1) is 0 Å². The number of hydrogen-bond donors (Lipinski definition) is 1. The highest BCUT2D eigenvalue weighted by molar-refractivity contribution is 9.11. The fourth-order valence-electron chi connectivity index (χ4n) is 1.30. The summed E-state index contributed by atoms with van der Waals surface area (Å²) in [7, 11) is 0. The maximum atomic E-state index is 11.0. The van der Waals surface area contributed by atoms with E-state index in [9.17, 15) is 4.79 Å². The fraction of sp³-hybridized carbons (Fsp3) is 0. The Hall–Kier alpha value is -0.980. The van der Waals surface area contributed by atoms with Gasteiger partial charge in [0.1, 0.15) is 17.3 Å². The van der Waals surface area contributed by atoms with Gasteiger partial charge in [-0.25, -0.2) is 9.97 Å². The minimum atomic E-state index is 0.119. The van der Waals surface area contributed by atoms with Crippen LogP contribution in [0, 0.1) is 0 Å². The van der Waals surface area contributed by atoms with Crippen molar-refractivity contribution in [2.75, 3.05) is 5.32 Å². The second-order valence-corrected chi connectivity index (χ2v) is 5.42. The molecule has 0 saturated carbocycles. The molecule has 0 amide bonds. The predicted molar refractivity (Wildman–Crippen MR) is 77.6 cm³/mol. The Bertz CT molecular complexity index is 607. The number of benzene rings is 1. The van der Waals surface area contributed by atoms with Crippen molar-refractivity contribution in [3.8, 4) is 0 Å². The second kappa shape index (κ2) is 5.77. The molecule has 0 saturated heterocycles. The number of aromatic nitrogens is 2. The van der Waals surface area contributed by atoms with Crippen LogP contribution in [0.4, 0.5) is 11.5 Å². The molecule has 92 valence electrons. The van der Waals surface area contributed by atoms with Crippen LogP contribution in [0.15, 0.2) is 33.5 Å². The monoisotopic (exact) mass is 389 g/mol. The maximum Gasteiger partial charge on any atom is 0.156 e. The van der Waals surface area contributed by atoms with Crippen molar-refractivity contribution < 1.29 is 4.79 Å². The molecule has 7 heteroatoms. The molecule has 0 atom stereocenters. The van der Waals surface area contributed by atoms with Gasteiger partial charge in [0.25, 0.3) is 0 Å². The maximum absolute atomic E-state index is 11.0. The Kier molecular flexibility index (Phi) is 4.31. The summed E-state index contributed by atoms with van der Waals surface area (Å²) >= 11 is 12.6. The molecule has 1 aromatic heterocycles. The zero-order valence-corrected chi connectivity index (χ0v) is 12.8. The van der Waals surface area contributed by atoms with Crippen LogP contribution in [0.1, 0.15) is 10.4 Å². The molecule has 0 aliphatic rings. The first kappa shape index (κ1) is 13.5. The molecule has 1 heterocycles. The van der Waals surface area contributed by atoms with Gasteiger partial charge in [-0.1, -0.05) is 27.5 Å². The molecule has 0 aliphatic carbocycles. The molecule has 0 unspecified atom stereocenters. The molecule has 0 aliphatic heterocycles. The average molecular weight is 391 g/mol. The van der Waals surface area contributed by atoms with Gasteiger partial charge in [0.15, 0.2) is 6.29 Å². The van der Waals surface area contributed by atoms with Gasteiger partial charge in [0, 0.05) is 8.95 Å². The van der Waals surface area contributed by atoms with E-state index < -0.39 is 0 Å². The largest absolute Gasteiger partial charge is 0.339 e. The van der Waals surface area contributed by atoms with Crippen LogP contribution >= 0.6 is 43.5 Å². The van der Waals surface area contributed by atoms with Crippen LogP contribution in [-0.4, -0.2) is 16.3 Å². The average Bonchev–Trinajstić information content (AvgIpc) is 2.34. The van der Waals surface area contributed by atoms with Gasteiger partial charge < -0.3 is 5.32 Å². The summed E-state index contributed by atoms with van der Waals surface area (Å²) in [5.74, 6) is 0.365. The molecular formula is C11H6Br2ClN3O. The first-order chi connectivity index (χ1) is 8.61. The number of rotatable bonds is 3. The number of hydrogen-bond acceptors (Lipinski definition) is 4. The molecule has 2 aromatic rings. The van der Waals surface area contributed by atoms with Crippen molar-refractivity contribution in [3.05, 3.63) is 44.2 Å². The minimum absolute atomic E-state index is 0.119. The minimum Gasteiger partial charge on any atom is -0.339 e. The predicted octanol–water partition coefficient (Wildman–Crippen LogP) is 4.21. The van der Waals surface area contributed by atoms with E-state index in [0.717, 1.165) is 14.6 Å². The van der Waals surface area contributed by atoms with E-state index in [1.54, 1.807) is 0 Å².